The molecule has 1 aliphatic carbocycles. The third-order valence-corrected chi connectivity index (χ3v) is 6.45. The summed E-state index contributed by atoms with van der Waals surface area (Å²) in [6.07, 6.45) is -0.721. The quantitative estimate of drug-likeness (QED) is 0.259. The highest BCUT2D eigenvalue weighted by Gasteiger charge is 2.42. The van der Waals surface area contributed by atoms with Crippen LogP contribution in [0.5, 0.6) is 5.75 Å². The van der Waals surface area contributed by atoms with Gasteiger partial charge >= 0.3 is 12.1 Å². The Labute approximate surface area is 198 Å². The lowest BCUT2D eigenvalue weighted by atomic mass is 9.84. The molecule has 0 spiro atoms. The first kappa shape index (κ1) is 25.5. The molecule has 0 aromatic heterocycles. The van der Waals surface area contributed by atoms with Crippen LogP contribution in [0.15, 0.2) is 41.3 Å². The van der Waals surface area contributed by atoms with E-state index >= 15 is 0 Å². The molecule has 2 aromatic carbocycles. The fourth-order valence-corrected chi connectivity index (χ4v) is 4.74. The van der Waals surface area contributed by atoms with Crippen molar-refractivity contribution >= 4 is 17.7 Å². The SMILES string of the molecule is CCOC(=O)C(CC(C)C)c1cc(-c2ccccc2)c(OCC2CC2)c(SC)c1C(F)(F)F. The van der Waals surface area contributed by atoms with E-state index in [4.69, 9.17) is 9.47 Å². The number of hydrogen-bond acceptors (Lipinski definition) is 4. The van der Waals surface area contributed by atoms with Gasteiger partial charge in [-0.1, -0.05) is 44.2 Å². The van der Waals surface area contributed by atoms with Gasteiger partial charge in [0.25, 0.3) is 0 Å². The minimum Gasteiger partial charge on any atom is -0.491 e. The molecule has 3 rings (SSSR count). The van der Waals surface area contributed by atoms with E-state index in [1.165, 1.54) is 6.07 Å². The lowest BCUT2D eigenvalue weighted by Crippen LogP contribution is -2.23. The summed E-state index contributed by atoms with van der Waals surface area (Å²) in [6.45, 7) is 5.93. The predicted octanol–water partition coefficient (Wildman–Crippen LogP) is 7.58. The van der Waals surface area contributed by atoms with Gasteiger partial charge in [-0.05, 0) is 61.5 Å². The molecule has 0 heterocycles. The van der Waals surface area contributed by atoms with Crippen LogP contribution < -0.4 is 4.74 Å². The van der Waals surface area contributed by atoms with Gasteiger partial charge in [0.15, 0.2) is 0 Å². The topological polar surface area (TPSA) is 35.5 Å². The van der Waals surface area contributed by atoms with Gasteiger partial charge in [0.05, 0.1) is 29.6 Å². The van der Waals surface area contributed by atoms with Gasteiger partial charge in [-0.25, -0.2) is 0 Å². The molecule has 0 N–H and O–H groups in total. The molecule has 3 nitrogen and oxygen atoms in total. The van der Waals surface area contributed by atoms with Crippen molar-refractivity contribution in [2.45, 2.75) is 57.0 Å². The standard InChI is InChI=1S/C26H31F3O3S/c1-5-31-25(30)21(13-16(2)3)20-14-19(18-9-7-6-8-10-18)23(32-15-17-11-12-17)24(33-4)22(20)26(27,28)29/h6-10,14,16-17,21H,5,11-13,15H2,1-4H3. The maximum atomic E-state index is 14.5. The van der Waals surface area contributed by atoms with E-state index in [2.05, 4.69) is 0 Å². The van der Waals surface area contributed by atoms with Crippen molar-refractivity contribution in [3.8, 4) is 16.9 Å². The molecule has 2 aromatic rings. The van der Waals surface area contributed by atoms with Crippen molar-refractivity contribution < 1.29 is 27.4 Å². The molecule has 1 atom stereocenters. The zero-order chi connectivity index (χ0) is 24.2. The summed E-state index contributed by atoms with van der Waals surface area (Å²) in [4.78, 5) is 12.9. The lowest BCUT2D eigenvalue weighted by Gasteiger charge is -2.27. The summed E-state index contributed by atoms with van der Waals surface area (Å²) >= 11 is 1.01. The smallest absolute Gasteiger partial charge is 0.417 e. The number of ether oxygens (including phenoxy) is 2. The molecule has 1 aliphatic rings. The van der Waals surface area contributed by atoms with Crippen molar-refractivity contribution in [1.82, 2.24) is 0 Å². The van der Waals surface area contributed by atoms with E-state index < -0.39 is 23.6 Å². The Hall–Kier alpha value is -2.15. The summed E-state index contributed by atoms with van der Waals surface area (Å²) in [6, 6.07) is 10.7. The number of halogens is 3. The Morgan fingerprint density at radius 1 is 1.18 bits per heavy atom. The highest BCUT2D eigenvalue weighted by atomic mass is 32.2. The summed E-state index contributed by atoms with van der Waals surface area (Å²) in [7, 11) is 0. The average molecular weight is 481 g/mol. The fraction of sp³-hybridized carbons (Fsp3) is 0.500. The second kappa shape index (κ2) is 10.9. The van der Waals surface area contributed by atoms with Crippen LogP contribution in [0.4, 0.5) is 13.2 Å². The summed E-state index contributed by atoms with van der Waals surface area (Å²) in [5.74, 6) is -1.03. The average Bonchev–Trinajstić information content (AvgIpc) is 3.59. The largest absolute Gasteiger partial charge is 0.491 e. The minimum absolute atomic E-state index is 0.00388. The van der Waals surface area contributed by atoms with Crippen molar-refractivity contribution in [2.75, 3.05) is 19.5 Å². The van der Waals surface area contributed by atoms with Gasteiger partial charge < -0.3 is 9.47 Å². The predicted molar refractivity (Wildman–Crippen MR) is 126 cm³/mol. The summed E-state index contributed by atoms with van der Waals surface area (Å²) < 4.78 is 54.9. The monoisotopic (exact) mass is 480 g/mol. The van der Waals surface area contributed by atoms with Crippen LogP contribution in [-0.2, 0) is 15.7 Å². The fourth-order valence-electron chi connectivity index (χ4n) is 3.95. The Morgan fingerprint density at radius 3 is 2.36 bits per heavy atom. The van der Waals surface area contributed by atoms with Gasteiger partial charge in [-0.2, -0.15) is 13.2 Å². The Bertz CT molecular complexity index is 953. The van der Waals surface area contributed by atoms with Crippen molar-refractivity contribution in [2.24, 2.45) is 11.8 Å². The van der Waals surface area contributed by atoms with Crippen LogP contribution in [0, 0.1) is 11.8 Å². The summed E-state index contributed by atoms with van der Waals surface area (Å²) in [5, 5.41) is 0. The first-order chi connectivity index (χ1) is 15.7. The number of rotatable bonds is 10. The van der Waals surface area contributed by atoms with Crippen LogP contribution in [0.25, 0.3) is 11.1 Å². The zero-order valence-electron chi connectivity index (χ0n) is 19.5. The maximum absolute atomic E-state index is 14.5. The highest BCUT2D eigenvalue weighted by molar-refractivity contribution is 7.98. The number of thioether (sulfide) groups is 1. The lowest BCUT2D eigenvalue weighted by molar-refractivity contribution is -0.147. The number of esters is 1. The second-order valence-corrected chi connectivity index (χ2v) is 9.62. The molecule has 7 heteroatoms. The van der Waals surface area contributed by atoms with Crippen molar-refractivity contribution in [3.63, 3.8) is 0 Å². The van der Waals surface area contributed by atoms with E-state index in [9.17, 15) is 18.0 Å². The normalized spacial score (nSPS) is 14.9. The number of benzene rings is 2. The van der Waals surface area contributed by atoms with E-state index in [1.807, 2.05) is 44.2 Å². The van der Waals surface area contributed by atoms with Gasteiger partial charge in [-0.3, -0.25) is 4.79 Å². The van der Waals surface area contributed by atoms with Crippen LogP contribution in [0.3, 0.4) is 0 Å². The third kappa shape index (κ3) is 6.25. The first-order valence-corrected chi connectivity index (χ1v) is 12.6. The van der Waals surface area contributed by atoms with Crippen LogP contribution in [0.1, 0.15) is 57.1 Å². The zero-order valence-corrected chi connectivity index (χ0v) is 20.3. The molecule has 0 bridgehead atoms. The Morgan fingerprint density at radius 2 is 1.85 bits per heavy atom. The molecular weight excluding hydrogens is 449 g/mol. The summed E-state index contributed by atoms with van der Waals surface area (Å²) in [5.41, 5.74) is 0.484. The molecule has 1 saturated carbocycles. The molecule has 0 saturated heterocycles. The molecule has 0 radical (unpaired) electrons. The number of hydrogen-bond donors (Lipinski definition) is 0. The van der Waals surface area contributed by atoms with Gasteiger partial charge in [-0.15, -0.1) is 11.8 Å². The van der Waals surface area contributed by atoms with Crippen LogP contribution >= 0.6 is 11.8 Å². The van der Waals surface area contributed by atoms with E-state index in [1.54, 1.807) is 13.2 Å². The van der Waals surface area contributed by atoms with Crippen molar-refractivity contribution in [1.29, 1.82) is 0 Å². The maximum Gasteiger partial charge on any atom is 0.417 e. The van der Waals surface area contributed by atoms with E-state index in [0.29, 0.717) is 18.1 Å². The molecule has 0 amide bonds. The molecule has 0 aliphatic heterocycles. The minimum atomic E-state index is -4.65. The molecule has 180 valence electrons. The number of carbonyl (C=O) groups excluding carboxylic acids is 1. The second-order valence-electron chi connectivity index (χ2n) is 8.80. The first-order valence-electron chi connectivity index (χ1n) is 11.3. The van der Waals surface area contributed by atoms with Gasteiger partial charge in [0.1, 0.15) is 5.75 Å². The Kier molecular flexibility index (Phi) is 8.38. The van der Waals surface area contributed by atoms with Gasteiger partial charge in [0, 0.05) is 5.56 Å². The molecular formula is C26H31F3O3S. The number of alkyl halides is 3. The van der Waals surface area contributed by atoms with Crippen LogP contribution in [-0.4, -0.2) is 25.4 Å². The molecule has 1 unspecified atom stereocenters. The van der Waals surface area contributed by atoms with Gasteiger partial charge in [0.2, 0.25) is 0 Å². The molecule has 33 heavy (non-hydrogen) atoms. The van der Waals surface area contributed by atoms with E-state index in [0.717, 1.165) is 30.2 Å². The number of carbonyl (C=O) groups is 1. The Balaban J connectivity index is 2.31. The highest BCUT2D eigenvalue weighted by Crippen LogP contribution is 2.50. The third-order valence-electron chi connectivity index (χ3n) is 5.65. The van der Waals surface area contributed by atoms with Crippen molar-refractivity contribution in [3.05, 3.63) is 47.5 Å². The molecule has 1 fully saturated rings. The van der Waals surface area contributed by atoms with E-state index in [-0.39, 0.29) is 35.2 Å². The van der Waals surface area contributed by atoms with Crippen LogP contribution in [0.2, 0.25) is 0 Å².